The predicted molar refractivity (Wildman–Crippen MR) is 54.5 cm³/mol. The van der Waals surface area contributed by atoms with Crippen molar-refractivity contribution in [1.29, 1.82) is 0 Å². The Morgan fingerprint density at radius 3 is 2.69 bits per heavy atom. The molecule has 2 heteroatoms. The molecule has 0 radical (unpaired) electrons. The van der Waals surface area contributed by atoms with E-state index in [0.29, 0.717) is 12.3 Å². The third kappa shape index (κ3) is 7.72. The number of aldehydes is 1. The Balaban J connectivity index is 3.54. The molecule has 0 amide bonds. The van der Waals surface area contributed by atoms with Crippen molar-refractivity contribution in [2.45, 2.75) is 45.6 Å². The molecule has 0 aliphatic carbocycles. The third-order valence-electron chi connectivity index (χ3n) is 2.08. The fourth-order valence-electron chi connectivity index (χ4n) is 1.46. The second-order valence-electron chi connectivity index (χ2n) is 3.58. The van der Waals surface area contributed by atoms with Crippen LogP contribution in [0.15, 0.2) is 12.2 Å². The van der Waals surface area contributed by atoms with E-state index in [-0.39, 0.29) is 6.10 Å². The van der Waals surface area contributed by atoms with Crippen molar-refractivity contribution in [2.24, 2.45) is 5.92 Å². The van der Waals surface area contributed by atoms with Gasteiger partial charge in [0.05, 0.1) is 6.10 Å². The monoisotopic (exact) mass is 184 g/mol. The molecule has 0 aromatic rings. The molecular weight excluding hydrogens is 164 g/mol. The first-order chi connectivity index (χ1) is 6.20. The van der Waals surface area contributed by atoms with Gasteiger partial charge >= 0.3 is 0 Å². The standard InChI is InChI=1S/C11H20O2/c1-3-6-10(2)9-11(13)7-4-5-8-12/h4-5,8,10-11,13H,3,6-7,9H2,1-2H3. The Bertz CT molecular complexity index is 152. The Labute approximate surface area is 80.7 Å². The summed E-state index contributed by atoms with van der Waals surface area (Å²) in [4.78, 5) is 9.94. The van der Waals surface area contributed by atoms with E-state index < -0.39 is 0 Å². The van der Waals surface area contributed by atoms with Crippen LogP contribution in [0.5, 0.6) is 0 Å². The minimum atomic E-state index is -0.294. The van der Waals surface area contributed by atoms with Crippen LogP contribution in [0.4, 0.5) is 0 Å². The fourth-order valence-corrected chi connectivity index (χ4v) is 1.46. The maximum Gasteiger partial charge on any atom is 0.142 e. The Hall–Kier alpha value is -0.630. The third-order valence-corrected chi connectivity index (χ3v) is 2.08. The van der Waals surface area contributed by atoms with E-state index in [4.69, 9.17) is 0 Å². The number of rotatable bonds is 7. The highest BCUT2D eigenvalue weighted by Gasteiger charge is 2.07. The van der Waals surface area contributed by atoms with E-state index in [1.54, 1.807) is 6.08 Å². The summed E-state index contributed by atoms with van der Waals surface area (Å²) < 4.78 is 0. The summed E-state index contributed by atoms with van der Waals surface area (Å²) in [5.74, 6) is 0.574. The first-order valence-corrected chi connectivity index (χ1v) is 4.99. The number of aliphatic hydroxyl groups is 1. The maximum absolute atomic E-state index is 9.94. The zero-order valence-electron chi connectivity index (χ0n) is 8.57. The van der Waals surface area contributed by atoms with Crippen LogP contribution in [0.2, 0.25) is 0 Å². The van der Waals surface area contributed by atoms with E-state index >= 15 is 0 Å². The zero-order chi connectivity index (χ0) is 10.1. The molecule has 0 aromatic carbocycles. The van der Waals surface area contributed by atoms with Crippen molar-refractivity contribution in [1.82, 2.24) is 0 Å². The van der Waals surface area contributed by atoms with Gasteiger partial charge in [-0.05, 0) is 24.8 Å². The van der Waals surface area contributed by atoms with Gasteiger partial charge in [-0.1, -0.05) is 32.8 Å². The SMILES string of the molecule is CCCC(C)CC(O)CC=CC=O. The van der Waals surface area contributed by atoms with Crippen molar-refractivity contribution in [3.63, 3.8) is 0 Å². The second kappa shape index (κ2) is 7.99. The minimum absolute atomic E-state index is 0.294. The van der Waals surface area contributed by atoms with E-state index in [1.165, 1.54) is 6.08 Å². The molecule has 0 aliphatic rings. The molecule has 0 saturated carbocycles. The number of carbonyl (C=O) groups excluding carboxylic acids is 1. The molecule has 1 N–H and O–H groups in total. The van der Waals surface area contributed by atoms with Gasteiger partial charge in [0.15, 0.2) is 0 Å². The van der Waals surface area contributed by atoms with Gasteiger partial charge in [-0.25, -0.2) is 0 Å². The van der Waals surface area contributed by atoms with Gasteiger partial charge in [0.25, 0.3) is 0 Å². The van der Waals surface area contributed by atoms with Crippen LogP contribution in [-0.2, 0) is 4.79 Å². The molecule has 0 aliphatic heterocycles. The van der Waals surface area contributed by atoms with Gasteiger partial charge in [-0.15, -0.1) is 0 Å². The van der Waals surface area contributed by atoms with Crippen molar-refractivity contribution in [2.75, 3.05) is 0 Å². The van der Waals surface area contributed by atoms with Crippen LogP contribution in [-0.4, -0.2) is 17.5 Å². The van der Waals surface area contributed by atoms with Gasteiger partial charge in [0, 0.05) is 0 Å². The Kier molecular flexibility index (Phi) is 7.60. The van der Waals surface area contributed by atoms with E-state index in [9.17, 15) is 9.90 Å². The number of carbonyl (C=O) groups is 1. The molecule has 76 valence electrons. The molecule has 0 fully saturated rings. The smallest absolute Gasteiger partial charge is 0.142 e. The molecular formula is C11H20O2. The van der Waals surface area contributed by atoms with E-state index in [2.05, 4.69) is 13.8 Å². The minimum Gasteiger partial charge on any atom is -0.393 e. The molecule has 0 heterocycles. The summed E-state index contributed by atoms with van der Waals surface area (Å²) in [6.07, 6.45) is 7.35. The first kappa shape index (κ1) is 12.4. The largest absolute Gasteiger partial charge is 0.393 e. The lowest BCUT2D eigenvalue weighted by Crippen LogP contribution is -2.10. The Morgan fingerprint density at radius 1 is 1.46 bits per heavy atom. The van der Waals surface area contributed by atoms with Crippen LogP contribution < -0.4 is 0 Å². The number of allylic oxidation sites excluding steroid dienone is 1. The average Bonchev–Trinajstić information content (AvgIpc) is 2.05. The summed E-state index contributed by atoms with van der Waals surface area (Å²) in [6, 6.07) is 0. The number of aliphatic hydroxyl groups excluding tert-OH is 1. The zero-order valence-corrected chi connectivity index (χ0v) is 8.57. The lowest BCUT2D eigenvalue weighted by molar-refractivity contribution is -0.104. The summed E-state index contributed by atoms with van der Waals surface area (Å²) in [6.45, 7) is 4.30. The molecule has 0 saturated heterocycles. The van der Waals surface area contributed by atoms with Crippen LogP contribution in [0, 0.1) is 5.92 Å². The second-order valence-corrected chi connectivity index (χ2v) is 3.58. The van der Waals surface area contributed by atoms with Crippen LogP contribution >= 0.6 is 0 Å². The molecule has 13 heavy (non-hydrogen) atoms. The molecule has 0 spiro atoms. The summed E-state index contributed by atoms with van der Waals surface area (Å²) >= 11 is 0. The quantitative estimate of drug-likeness (QED) is 0.487. The fraction of sp³-hybridized carbons (Fsp3) is 0.727. The van der Waals surface area contributed by atoms with Gasteiger partial charge in [-0.2, -0.15) is 0 Å². The van der Waals surface area contributed by atoms with Crippen molar-refractivity contribution in [3.05, 3.63) is 12.2 Å². The summed E-state index contributed by atoms with van der Waals surface area (Å²) in [7, 11) is 0. The van der Waals surface area contributed by atoms with E-state index in [1.807, 2.05) is 0 Å². The van der Waals surface area contributed by atoms with Gasteiger partial charge in [0.1, 0.15) is 6.29 Å². The van der Waals surface area contributed by atoms with Gasteiger partial charge in [-0.3, -0.25) is 4.79 Å². The van der Waals surface area contributed by atoms with Gasteiger partial charge < -0.3 is 5.11 Å². The van der Waals surface area contributed by atoms with Crippen molar-refractivity contribution < 1.29 is 9.90 Å². The van der Waals surface area contributed by atoms with Crippen molar-refractivity contribution in [3.8, 4) is 0 Å². The lowest BCUT2D eigenvalue weighted by atomic mass is 9.97. The van der Waals surface area contributed by atoms with Gasteiger partial charge in [0.2, 0.25) is 0 Å². The highest BCUT2D eigenvalue weighted by molar-refractivity contribution is 5.64. The topological polar surface area (TPSA) is 37.3 Å². The summed E-state index contributed by atoms with van der Waals surface area (Å²) in [5, 5.41) is 9.51. The van der Waals surface area contributed by atoms with Crippen LogP contribution in [0.3, 0.4) is 0 Å². The molecule has 2 nitrogen and oxygen atoms in total. The number of hydrogen-bond acceptors (Lipinski definition) is 2. The predicted octanol–water partition coefficient (Wildman–Crippen LogP) is 2.32. The van der Waals surface area contributed by atoms with Crippen molar-refractivity contribution >= 4 is 6.29 Å². The molecule has 0 rings (SSSR count). The van der Waals surface area contributed by atoms with E-state index in [0.717, 1.165) is 25.5 Å². The van der Waals surface area contributed by atoms with Crippen LogP contribution in [0.25, 0.3) is 0 Å². The molecule has 2 unspecified atom stereocenters. The normalized spacial score (nSPS) is 15.9. The first-order valence-electron chi connectivity index (χ1n) is 4.99. The number of hydrogen-bond donors (Lipinski definition) is 1. The lowest BCUT2D eigenvalue weighted by Gasteiger charge is -2.13. The summed E-state index contributed by atoms with van der Waals surface area (Å²) in [5.41, 5.74) is 0. The highest BCUT2D eigenvalue weighted by Crippen LogP contribution is 2.14. The average molecular weight is 184 g/mol. The highest BCUT2D eigenvalue weighted by atomic mass is 16.3. The van der Waals surface area contributed by atoms with Crippen LogP contribution in [0.1, 0.15) is 39.5 Å². The molecule has 0 aromatic heterocycles. The maximum atomic E-state index is 9.94. The Morgan fingerprint density at radius 2 is 2.15 bits per heavy atom. The molecule has 2 atom stereocenters. The molecule has 0 bridgehead atoms.